The highest BCUT2D eigenvalue weighted by molar-refractivity contribution is 7.89. The third-order valence-corrected chi connectivity index (χ3v) is 6.55. The Morgan fingerprint density at radius 3 is 2.46 bits per heavy atom. The van der Waals surface area contributed by atoms with Crippen LogP contribution in [0, 0.1) is 5.92 Å². The van der Waals surface area contributed by atoms with Gasteiger partial charge in [-0.25, -0.2) is 13.1 Å². The Morgan fingerprint density at radius 2 is 1.89 bits per heavy atom. The van der Waals surface area contributed by atoms with Crippen LogP contribution in [0.3, 0.4) is 0 Å². The number of carbonyl (C=O) groups excluding carboxylic acids is 1. The number of rotatable bonds is 10. The van der Waals surface area contributed by atoms with Gasteiger partial charge in [-0.15, -0.1) is 0 Å². The van der Waals surface area contributed by atoms with Gasteiger partial charge in [-0.2, -0.15) is 0 Å². The zero-order valence-electron chi connectivity index (χ0n) is 17.0. The lowest BCUT2D eigenvalue weighted by molar-refractivity contribution is -0.121. The molecule has 6 nitrogen and oxygen atoms in total. The van der Waals surface area contributed by atoms with Crippen molar-refractivity contribution in [2.45, 2.75) is 63.3 Å². The van der Waals surface area contributed by atoms with Gasteiger partial charge < -0.3 is 10.1 Å². The summed E-state index contributed by atoms with van der Waals surface area (Å²) in [6, 6.07) is 5.73. The molecule has 0 saturated heterocycles. The first-order valence-electron chi connectivity index (χ1n) is 9.93. The molecule has 28 heavy (non-hydrogen) atoms. The summed E-state index contributed by atoms with van der Waals surface area (Å²) >= 11 is 0. The second-order valence-corrected chi connectivity index (χ2v) is 9.27. The number of methoxy groups -OCH3 is 1. The van der Waals surface area contributed by atoms with Crippen molar-refractivity contribution in [2.24, 2.45) is 5.92 Å². The molecule has 2 N–H and O–H groups in total. The van der Waals surface area contributed by atoms with Crippen LogP contribution in [-0.2, 0) is 14.8 Å². The standard InChI is InChI=1S/C21H32N2O4S/c1-16(2)20(15-21(24)22-14-13-17-7-5-4-6-8-17)23-28(25,26)19-11-9-18(27-3)10-12-19/h7,9-12,16,20,23H,4-6,8,13-15H2,1-3H3,(H,22,24)/t20-/m1/s1. The first kappa shape index (κ1) is 22.4. The van der Waals surface area contributed by atoms with Crippen molar-refractivity contribution in [3.8, 4) is 5.75 Å². The van der Waals surface area contributed by atoms with E-state index in [1.807, 2.05) is 13.8 Å². The summed E-state index contributed by atoms with van der Waals surface area (Å²) < 4.78 is 33.1. The Kier molecular flexibility index (Phi) is 8.51. The van der Waals surface area contributed by atoms with Gasteiger partial charge in [-0.3, -0.25) is 4.79 Å². The Labute approximate surface area is 168 Å². The van der Waals surface area contributed by atoms with Crippen LogP contribution < -0.4 is 14.8 Å². The van der Waals surface area contributed by atoms with Crippen molar-refractivity contribution in [3.63, 3.8) is 0 Å². The molecule has 1 aromatic rings. The van der Waals surface area contributed by atoms with E-state index in [0.717, 1.165) is 19.3 Å². The molecule has 0 bridgehead atoms. The molecule has 7 heteroatoms. The summed E-state index contributed by atoms with van der Waals surface area (Å²) in [5.74, 6) is 0.444. The maximum atomic E-state index is 12.7. The lowest BCUT2D eigenvalue weighted by Crippen LogP contribution is -2.42. The Balaban J connectivity index is 1.90. The molecule has 1 aromatic carbocycles. The zero-order valence-corrected chi connectivity index (χ0v) is 17.8. The van der Waals surface area contributed by atoms with E-state index in [1.165, 1.54) is 37.7 Å². The highest BCUT2D eigenvalue weighted by Crippen LogP contribution is 2.20. The zero-order chi connectivity index (χ0) is 20.6. The lowest BCUT2D eigenvalue weighted by Gasteiger charge is -2.22. The number of benzene rings is 1. The van der Waals surface area contributed by atoms with Gasteiger partial charge in [0, 0.05) is 19.0 Å². The molecule has 156 valence electrons. The highest BCUT2D eigenvalue weighted by atomic mass is 32.2. The third-order valence-electron chi connectivity index (χ3n) is 5.04. The molecule has 0 aromatic heterocycles. The van der Waals surface area contributed by atoms with Crippen molar-refractivity contribution in [2.75, 3.05) is 13.7 Å². The van der Waals surface area contributed by atoms with Gasteiger partial charge >= 0.3 is 0 Å². The minimum absolute atomic E-state index is 0.0140. The Bertz CT molecular complexity index is 770. The van der Waals surface area contributed by atoms with Gasteiger partial charge in [-0.1, -0.05) is 25.5 Å². The van der Waals surface area contributed by atoms with Gasteiger partial charge in [0.05, 0.1) is 12.0 Å². The van der Waals surface area contributed by atoms with E-state index in [1.54, 1.807) is 12.1 Å². The summed E-state index contributed by atoms with van der Waals surface area (Å²) in [4.78, 5) is 12.5. The van der Waals surface area contributed by atoms with Gasteiger partial charge in [0.25, 0.3) is 0 Å². The van der Waals surface area contributed by atoms with E-state index in [0.29, 0.717) is 12.3 Å². The molecule has 1 atom stereocenters. The molecule has 0 aliphatic heterocycles. The number of hydrogen-bond acceptors (Lipinski definition) is 4. The van der Waals surface area contributed by atoms with E-state index in [9.17, 15) is 13.2 Å². The van der Waals surface area contributed by atoms with Crippen molar-refractivity contribution < 1.29 is 17.9 Å². The fraction of sp³-hybridized carbons (Fsp3) is 0.571. The minimum Gasteiger partial charge on any atom is -0.497 e. The second-order valence-electron chi connectivity index (χ2n) is 7.56. The summed E-state index contributed by atoms with van der Waals surface area (Å²) in [6.07, 6.45) is 7.98. The van der Waals surface area contributed by atoms with Gasteiger partial charge in [0.1, 0.15) is 5.75 Å². The molecule has 0 radical (unpaired) electrons. The number of ether oxygens (including phenoxy) is 1. The number of nitrogens with one attached hydrogen (secondary N) is 2. The van der Waals surface area contributed by atoms with E-state index < -0.39 is 16.1 Å². The van der Waals surface area contributed by atoms with Crippen LogP contribution in [0.1, 0.15) is 52.4 Å². The monoisotopic (exact) mass is 408 g/mol. The fourth-order valence-electron chi connectivity index (χ4n) is 3.20. The average Bonchev–Trinajstić information content (AvgIpc) is 2.68. The van der Waals surface area contributed by atoms with Crippen LogP contribution in [0.5, 0.6) is 5.75 Å². The number of carbonyl (C=O) groups is 1. The molecule has 1 aliphatic rings. The average molecular weight is 409 g/mol. The first-order chi connectivity index (χ1) is 13.3. The maximum Gasteiger partial charge on any atom is 0.240 e. The maximum absolute atomic E-state index is 12.7. The molecular formula is C21H32N2O4S. The highest BCUT2D eigenvalue weighted by Gasteiger charge is 2.24. The molecule has 0 heterocycles. The number of allylic oxidation sites excluding steroid dienone is 1. The van der Waals surface area contributed by atoms with Crippen LogP contribution in [-0.4, -0.2) is 34.0 Å². The quantitative estimate of drug-likeness (QED) is 0.581. The molecular weight excluding hydrogens is 376 g/mol. The van der Waals surface area contributed by atoms with Crippen molar-refractivity contribution in [3.05, 3.63) is 35.9 Å². The van der Waals surface area contributed by atoms with Crippen molar-refractivity contribution >= 4 is 15.9 Å². The number of amides is 1. The predicted octanol–water partition coefficient (Wildman–Crippen LogP) is 3.39. The van der Waals surface area contributed by atoms with Crippen LogP contribution in [0.4, 0.5) is 0 Å². The molecule has 0 saturated carbocycles. The van der Waals surface area contributed by atoms with Crippen LogP contribution >= 0.6 is 0 Å². The van der Waals surface area contributed by atoms with Crippen molar-refractivity contribution in [1.82, 2.24) is 10.0 Å². The van der Waals surface area contributed by atoms with Crippen molar-refractivity contribution in [1.29, 1.82) is 0 Å². The van der Waals surface area contributed by atoms with E-state index >= 15 is 0 Å². The molecule has 1 aliphatic carbocycles. The molecule has 0 fully saturated rings. The molecule has 1 amide bonds. The Hall–Kier alpha value is -1.86. The van der Waals surface area contributed by atoms with Gasteiger partial charge in [0.2, 0.25) is 15.9 Å². The summed E-state index contributed by atoms with van der Waals surface area (Å²) in [5, 5.41) is 2.92. The van der Waals surface area contributed by atoms with Gasteiger partial charge in [-0.05, 0) is 62.3 Å². The van der Waals surface area contributed by atoms with E-state index in [-0.39, 0.29) is 23.1 Å². The Morgan fingerprint density at radius 1 is 1.18 bits per heavy atom. The fourth-order valence-corrected chi connectivity index (χ4v) is 4.59. The molecule has 0 unspecified atom stereocenters. The SMILES string of the molecule is COc1ccc(S(=O)(=O)N[C@H](CC(=O)NCCC2=CCCCC2)C(C)C)cc1. The second kappa shape index (κ2) is 10.6. The van der Waals surface area contributed by atoms with E-state index in [4.69, 9.17) is 4.74 Å². The minimum atomic E-state index is -3.71. The van der Waals surface area contributed by atoms with Gasteiger partial charge in [0.15, 0.2) is 0 Å². The first-order valence-corrected chi connectivity index (χ1v) is 11.4. The third kappa shape index (κ3) is 6.95. The lowest BCUT2D eigenvalue weighted by atomic mass is 9.97. The largest absolute Gasteiger partial charge is 0.497 e. The summed E-state index contributed by atoms with van der Waals surface area (Å²) in [5.41, 5.74) is 1.41. The van der Waals surface area contributed by atoms with Crippen LogP contribution in [0.2, 0.25) is 0 Å². The molecule has 0 spiro atoms. The molecule has 2 rings (SSSR count). The smallest absolute Gasteiger partial charge is 0.240 e. The number of sulfonamides is 1. The van der Waals surface area contributed by atoms with E-state index in [2.05, 4.69) is 16.1 Å². The van der Waals surface area contributed by atoms with Crippen LogP contribution in [0.25, 0.3) is 0 Å². The predicted molar refractivity (Wildman–Crippen MR) is 111 cm³/mol. The topological polar surface area (TPSA) is 84.5 Å². The van der Waals surface area contributed by atoms with Crippen LogP contribution in [0.15, 0.2) is 40.8 Å². The normalized spacial score (nSPS) is 15.8. The number of hydrogen-bond donors (Lipinski definition) is 2. The summed E-state index contributed by atoms with van der Waals surface area (Å²) in [6.45, 7) is 4.41. The summed E-state index contributed by atoms with van der Waals surface area (Å²) in [7, 11) is -2.18.